The van der Waals surface area contributed by atoms with Crippen molar-refractivity contribution in [3.63, 3.8) is 0 Å². The van der Waals surface area contributed by atoms with Crippen LogP contribution in [0.5, 0.6) is 0 Å². The van der Waals surface area contributed by atoms with Crippen LogP contribution in [0.2, 0.25) is 0 Å². The Morgan fingerprint density at radius 1 is 1.44 bits per heavy atom. The zero-order valence-electron chi connectivity index (χ0n) is 10.6. The SMILES string of the molecule is CCSc1ccc(CNCC2CC2C(=O)O)cc1. The molecular weight excluding hydrogens is 246 g/mol. The van der Waals surface area contributed by atoms with Gasteiger partial charge in [-0.3, -0.25) is 4.79 Å². The van der Waals surface area contributed by atoms with E-state index in [4.69, 9.17) is 5.11 Å². The number of carbonyl (C=O) groups is 1. The van der Waals surface area contributed by atoms with Crippen LogP contribution >= 0.6 is 11.8 Å². The van der Waals surface area contributed by atoms with E-state index in [9.17, 15) is 4.79 Å². The molecule has 2 atom stereocenters. The summed E-state index contributed by atoms with van der Waals surface area (Å²) in [7, 11) is 0. The molecule has 0 spiro atoms. The van der Waals surface area contributed by atoms with Gasteiger partial charge in [-0.1, -0.05) is 19.1 Å². The number of hydrogen-bond donors (Lipinski definition) is 2. The van der Waals surface area contributed by atoms with Crippen LogP contribution in [0.15, 0.2) is 29.2 Å². The average Bonchev–Trinajstić information content (AvgIpc) is 3.11. The maximum absolute atomic E-state index is 10.7. The van der Waals surface area contributed by atoms with Gasteiger partial charge in [0, 0.05) is 11.4 Å². The second kappa shape index (κ2) is 6.25. The summed E-state index contributed by atoms with van der Waals surface area (Å²) >= 11 is 1.84. The van der Waals surface area contributed by atoms with Gasteiger partial charge in [0.15, 0.2) is 0 Å². The molecule has 0 amide bonds. The van der Waals surface area contributed by atoms with Crippen LogP contribution in [0.3, 0.4) is 0 Å². The first-order valence-corrected chi connectivity index (χ1v) is 7.34. The molecule has 0 aliphatic heterocycles. The quantitative estimate of drug-likeness (QED) is 0.744. The van der Waals surface area contributed by atoms with Crippen LogP contribution in [0, 0.1) is 11.8 Å². The molecule has 2 unspecified atom stereocenters. The lowest BCUT2D eigenvalue weighted by molar-refractivity contribution is -0.138. The second-order valence-electron chi connectivity index (χ2n) is 4.65. The number of hydrogen-bond acceptors (Lipinski definition) is 3. The first-order chi connectivity index (χ1) is 8.70. The Bertz CT molecular complexity index is 405. The monoisotopic (exact) mass is 265 g/mol. The van der Waals surface area contributed by atoms with Crippen LogP contribution in [0.4, 0.5) is 0 Å². The van der Waals surface area contributed by atoms with E-state index in [0.29, 0.717) is 5.92 Å². The minimum Gasteiger partial charge on any atom is -0.481 e. The molecule has 1 fully saturated rings. The molecule has 2 rings (SSSR count). The highest BCUT2D eigenvalue weighted by Crippen LogP contribution is 2.37. The number of carboxylic acid groups (broad SMARTS) is 1. The molecule has 18 heavy (non-hydrogen) atoms. The van der Waals surface area contributed by atoms with E-state index in [2.05, 4.69) is 36.5 Å². The third-order valence-corrected chi connectivity index (χ3v) is 4.10. The Balaban J connectivity index is 1.69. The maximum atomic E-state index is 10.7. The summed E-state index contributed by atoms with van der Waals surface area (Å²) in [4.78, 5) is 12.0. The summed E-state index contributed by atoms with van der Waals surface area (Å²) in [5, 5.41) is 12.1. The molecule has 0 radical (unpaired) electrons. The van der Waals surface area contributed by atoms with Gasteiger partial charge < -0.3 is 10.4 Å². The minimum atomic E-state index is -0.650. The normalized spacial score (nSPS) is 21.8. The first-order valence-electron chi connectivity index (χ1n) is 6.36. The van der Waals surface area contributed by atoms with Gasteiger partial charge in [0.2, 0.25) is 0 Å². The molecule has 0 bridgehead atoms. The van der Waals surface area contributed by atoms with Crippen molar-refractivity contribution in [1.29, 1.82) is 0 Å². The van der Waals surface area contributed by atoms with Crippen molar-refractivity contribution in [2.24, 2.45) is 11.8 Å². The van der Waals surface area contributed by atoms with Gasteiger partial charge in [0.1, 0.15) is 0 Å². The van der Waals surface area contributed by atoms with Gasteiger partial charge in [0.25, 0.3) is 0 Å². The topological polar surface area (TPSA) is 49.3 Å². The molecule has 1 aliphatic rings. The molecule has 1 saturated carbocycles. The fourth-order valence-corrected chi connectivity index (χ4v) is 2.71. The van der Waals surface area contributed by atoms with Gasteiger partial charge in [-0.05, 0) is 42.3 Å². The fourth-order valence-electron chi connectivity index (χ4n) is 2.05. The lowest BCUT2D eigenvalue weighted by atomic mass is 10.2. The van der Waals surface area contributed by atoms with E-state index in [-0.39, 0.29) is 5.92 Å². The number of carboxylic acids is 1. The van der Waals surface area contributed by atoms with Crippen LogP contribution in [-0.4, -0.2) is 23.4 Å². The van der Waals surface area contributed by atoms with E-state index in [1.807, 2.05) is 11.8 Å². The summed E-state index contributed by atoms with van der Waals surface area (Å²) in [5.74, 6) is 0.663. The third-order valence-electron chi connectivity index (χ3n) is 3.21. The number of benzene rings is 1. The van der Waals surface area contributed by atoms with Crippen molar-refractivity contribution in [2.75, 3.05) is 12.3 Å². The molecule has 0 heterocycles. The molecule has 3 nitrogen and oxygen atoms in total. The van der Waals surface area contributed by atoms with Gasteiger partial charge in [-0.15, -0.1) is 11.8 Å². The molecule has 0 saturated heterocycles. The van der Waals surface area contributed by atoms with Crippen molar-refractivity contribution >= 4 is 17.7 Å². The maximum Gasteiger partial charge on any atom is 0.306 e. The lowest BCUT2D eigenvalue weighted by Crippen LogP contribution is -2.18. The number of nitrogens with one attached hydrogen (secondary N) is 1. The summed E-state index contributed by atoms with van der Waals surface area (Å²) in [5.41, 5.74) is 1.25. The zero-order valence-corrected chi connectivity index (χ0v) is 11.4. The second-order valence-corrected chi connectivity index (χ2v) is 5.99. The molecule has 1 aliphatic carbocycles. The summed E-state index contributed by atoms with van der Waals surface area (Å²) < 4.78 is 0. The molecular formula is C14H19NO2S. The standard InChI is InChI=1S/C14H19NO2S/c1-2-18-12-5-3-10(4-6-12)8-15-9-11-7-13(11)14(16)17/h3-6,11,13,15H,2,7-9H2,1H3,(H,16,17). The smallest absolute Gasteiger partial charge is 0.306 e. The highest BCUT2D eigenvalue weighted by molar-refractivity contribution is 7.99. The Morgan fingerprint density at radius 2 is 2.17 bits per heavy atom. The Labute approximate surface area is 112 Å². The predicted octanol–water partition coefficient (Wildman–Crippen LogP) is 2.61. The largest absolute Gasteiger partial charge is 0.481 e. The van der Waals surface area contributed by atoms with Crippen molar-refractivity contribution in [2.45, 2.75) is 24.8 Å². The van der Waals surface area contributed by atoms with E-state index >= 15 is 0 Å². The number of thioether (sulfide) groups is 1. The Hall–Kier alpha value is -1.00. The Kier molecular flexibility index (Phi) is 4.66. The van der Waals surface area contributed by atoms with Gasteiger partial charge in [-0.2, -0.15) is 0 Å². The number of aliphatic carboxylic acids is 1. The van der Waals surface area contributed by atoms with Crippen molar-refractivity contribution < 1.29 is 9.90 Å². The lowest BCUT2D eigenvalue weighted by Gasteiger charge is -2.05. The van der Waals surface area contributed by atoms with Crippen molar-refractivity contribution in [1.82, 2.24) is 5.32 Å². The minimum absolute atomic E-state index is 0.110. The molecule has 98 valence electrons. The van der Waals surface area contributed by atoms with Gasteiger partial charge in [0.05, 0.1) is 5.92 Å². The van der Waals surface area contributed by atoms with Gasteiger partial charge in [-0.25, -0.2) is 0 Å². The first kappa shape index (κ1) is 13.4. The van der Waals surface area contributed by atoms with Crippen LogP contribution in [-0.2, 0) is 11.3 Å². The van der Waals surface area contributed by atoms with Gasteiger partial charge >= 0.3 is 5.97 Å². The molecule has 1 aromatic rings. The highest BCUT2D eigenvalue weighted by atomic mass is 32.2. The average molecular weight is 265 g/mol. The summed E-state index contributed by atoms with van der Waals surface area (Å²) in [6.45, 7) is 3.77. The third kappa shape index (κ3) is 3.75. The van der Waals surface area contributed by atoms with Crippen molar-refractivity contribution in [3.8, 4) is 0 Å². The molecule has 2 N–H and O–H groups in total. The summed E-state index contributed by atoms with van der Waals surface area (Å²) in [6, 6.07) is 8.55. The fraction of sp³-hybridized carbons (Fsp3) is 0.500. The highest BCUT2D eigenvalue weighted by Gasteiger charge is 2.42. The van der Waals surface area contributed by atoms with E-state index in [1.54, 1.807) is 0 Å². The Morgan fingerprint density at radius 3 is 2.72 bits per heavy atom. The van der Waals surface area contributed by atoms with E-state index < -0.39 is 5.97 Å². The molecule has 0 aromatic heterocycles. The van der Waals surface area contributed by atoms with Crippen LogP contribution in [0.25, 0.3) is 0 Å². The van der Waals surface area contributed by atoms with E-state index in [0.717, 1.165) is 25.3 Å². The van der Waals surface area contributed by atoms with Crippen LogP contribution < -0.4 is 5.32 Å². The van der Waals surface area contributed by atoms with Crippen LogP contribution in [0.1, 0.15) is 18.9 Å². The zero-order chi connectivity index (χ0) is 13.0. The number of rotatable bonds is 7. The summed E-state index contributed by atoms with van der Waals surface area (Å²) in [6.07, 6.45) is 0.828. The molecule has 4 heteroatoms. The van der Waals surface area contributed by atoms with E-state index in [1.165, 1.54) is 10.5 Å². The predicted molar refractivity (Wildman–Crippen MR) is 73.8 cm³/mol. The van der Waals surface area contributed by atoms with Crippen molar-refractivity contribution in [3.05, 3.63) is 29.8 Å². The molecule has 1 aromatic carbocycles.